The first kappa shape index (κ1) is 18.3. The molecule has 0 aliphatic carbocycles. The van der Waals surface area contributed by atoms with E-state index in [1.807, 2.05) is 49.4 Å². The maximum absolute atomic E-state index is 12.4. The van der Waals surface area contributed by atoms with Crippen LogP contribution in [0.2, 0.25) is 0 Å². The van der Waals surface area contributed by atoms with Gasteiger partial charge in [0.05, 0.1) is 12.2 Å². The van der Waals surface area contributed by atoms with Gasteiger partial charge < -0.3 is 5.32 Å². The van der Waals surface area contributed by atoms with Crippen LogP contribution >= 0.6 is 11.3 Å². The Hall–Kier alpha value is -2.46. The first-order chi connectivity index (χ1) is 12.3. The molecule has 1 aromatic heterocycles. The van der Waals surface area contributed by atoms with Crippen LogP contribution in [-0.2, 0) is 12.0 Å². The number of benzene rings is 2. The molecule has 4 heteroatoms. The molecule has 3 rings (SSSR count). The van der Waals surface area contributed by atoms with E-state index in [0.717, 1.165) is 21.1 Å². The summed E-state index contributed by atoms with van der Waals surface area (Å²) in [5, 5.41) is 4.00. The SMILES string of the molecule is Cc1nc(-c2ccccc2)sc1CNC(=O)c1ccc(C(C)(C)C)cc1. The monoisotopic (exact) mass is 364 g/mol. The van der Waals surface area contributed by atoms with Crippen molar-refractivity contribution in [1.29, 1.82) is 0 Å². The first-order valence-corrected chi connectivity index (χ1v) is 9.57. The lowest BCUT2D eigenvalue weighted by atomic mass is 9.87. The maximum Gasteiger partial charge on any atom is 0.251 e. The third-order valence-corrected chi connectivity index (χ3v) is 5.54. The lowest BCUT2D eigenvalue weighted by Crippen LogP contribution is -2.23. The van der Waals surface area contributed by atoms with Crippen LogP contribution in [0.15, 0.2) is 54.6 Å². The van der Waals surface area contributed by atoms with Crippen molar-refractivity contribution in [1.82, 2.24) is 10.3 Å². The number of carbonyl (C=O) groups excluding carboxylic acids is 1. The largest absolute Gasteiger partial charge is 0.347 e. The highest BCUT2D eigenvalue weighted by Crippen LogP contribution is 2.27. The van der Waals surface area contributed by atoms with Crippen molar-refractivity contribution in [3.63, 3.8) is 0 Å². The third kappa shape index (κ3) is 4.20. The molecule has 3 nitrogen and oxygen atoms in total. The van der Waals surface area contributed by atoms with Crippen molar-refractivity contribution >= 4 is 17.2 Å². The second kappa shape index (κ2) is 7.42. The van der Waals surface area contributed by atoms with Crippen LogP contribution in [0, 0.1) is 6.92 Å². The van der Waals surface area contributed by atoms with Crippen molar-refractivity contribution < 1.29 is 4.79 Å². The summed E-state index contributed by atoms with van der Waals surface area (Å²) >= 11 is 1.63. The summed E-state index contributed by atoms with van der Waals surface area (Å²) in [4.78, 5) is 18.2. The maximum atomic E-state index is 12.4. The Morgan fingerprint density at radius 1 is 1.04 bits per heavy atom. The van der Waals surface area contributed by atoms with Crippen molar-refractivity contribution in [2.75, 3.05) is 0 Å². The van der Waals surface area contributed by atoms with Crippen LogP contribution in [0.1, 0.15) is 47.3 Å². The van der Waals surface area contributed by atoms with Gasteiger partial charge in [-0.3, -0.25) is 4.79 Å². The molecule has 0 bridgehead atoms. The molecule has 1 N–H and O–H groups in total. The van der Waals surface area contributed by atoms with Crippen molar-refractivity contribution in [3.8, 4) is 10.6 Å². The summed E-state index contributed by atoms with van der Waals surface area (Å²) in [6, 6.07) is 18.0. The van der Waals surface area contributed by atoms with Gasteiger partial charge in [-0.05, 0) is 30.0 Å². The number of rotatable bonds is 4. The zero-order valence-corrected chi connectivity index (χ0v) is 16.5. The molecule has 26 heavy (non-hydrogen) atoms. The molecule has 1 heterocycles. The minimum absolute atomic E-state index is 0.0560. The van der Waals surface area contributed by atoms with E-state index in [9.17, 15) is 4.79 Å². The predicted octanol–water partition coefficient (Wildman–Crippen LogP) is 5.35. The highest BCUT2D eigenvalue weighted by molar-refractivity contribution is 7.15. The molecule has 0 fully saturated rings. The van der Waals surface area contributed by atoms with Crippen molar-refractivity contribution in [2.45, 2.75) is 39.7 Å². The molecule has 1 amide bonds. The van der Waals surface area contributed by atoms with Gasteiger partial charge in [-0.15, -0.1) is 11.3 Å². The van der Waals surface area contributed by atoms with E-state index in [4.69, 9.17) is 0 Å². The minimum atomic E-state index is -0.0560. The molecule has 0 spiro atoms. The highest BCUT2D eigenvalue weighted by atomic mass is 32.1. The predicted molar refractivity (Wildman–Crippen MR) is 109 cm³/mol. The van der Waals surface area contributed by atoms with E-state index in [0.29, 0.717) is 12.1 Å². The van der Waals surface area contributed by atoms with Gasteiger partial charge in [0.1, 0.15) is 5.01 Å². The molecule has 2 aromatic carbocycles. The van der Waals surface area contributed by atoms with Gasteiger partial charge in [0.2, 0.25) is 0 Å². The fourth-order valence-corrected chi connectivity index (χ4v) is 3.69. The number of nitrogens with zero attached hydrogens (tertiary/aromatic N) is 1. The van der Waals surface area contributed by atoms with E-state index in [2.05, 4.69) is 43.2 Å². The number of hydrogen-bond donors (Lipinski definition) is 1. The fraction of sp³-hybridized carbons (Fsp3) is 0.273. The van der Waals surface area contributed by atoms with Crippen LogP contribution in [-0.4, -0.2) is 10.9 Å². The van der Waals surface area contributed by atoms with E-state index in [1.165, 1.54) is 5.56 Å². The molecule has 0 unspecified atom stereocenters. The molecule has 0 aliphatic rings. The third-order valence-electron chi connectivity index (χ3n) is 4.34. The number of amides is 1. The topological polar surface area (TPSA) is 42.0 Å². The second-order valence-corrected chi connectivity index (χ2v) is 8.49. The molecule has 0 radical (unpaired) electrons. The van der Waals surface area contributed by atoms with Crippen LogP contribution in [0.3, 0.4) is 0 Å². The molecule has 0 saturated carbocycles. The van der Waals surface area contributed by atoms with E-state index in [1.54, 1.807) is 11.3 Å². The summed E-state index contributed by atoms with van der Waals surface area (Å²) in [7, 11) is 0. The van der Waals surface area contributed by atoms with Gasteiger partial charge >= 0.3 is 0 Å². The Balaban J connectivity index is 1.67. The summed E-state index contributed by atoms with van der Waals surface area (Å²) in [6.45, 7) is 8.98. The van der Waals surface area contributed by atoms with Gasteiger partial charge in [0, 0.05) is 16.0 Å². The Bertz CT molecular complexity index is 890. The average Bonchev–Trinajstić information content (AvgIpc) is 3.00. The average molecular weight is 365 g/mol. The Kier molecular flexibility index (Phi) is 5.23. The smallest absolute Gasteiger partial charge is 0.251 e. The van der Waals surface area contributed by atoms with Crippen molar-refractivity contribution in [3.05, 3.63) is 76.3 Å². The van der Waals surface area contributed by atoms with Crippen LogP contribution in [0.5, 0.6) is 0 Å². The Morgan fingerprint density at radius 2 is 1.69 bits per heavy atom. The number of aromatic nitrogens is 1. The zero-order valence-electron chi connectivity index (χ0n) is 15.7. The molecular weight excluding hydrogens is 340 g/mol. The highest BCUT2D eigenvalue weighted by Gasteiger charge is 2.15. The number of thiazole rings is 1. The number of carbonyl (C=O) groups is 1. The summed E-state index contributed by atoms with van der Waals surface area (Å²) < 4.78 is 0. The lowest BCUT2D eigenvalue weighted by Gasteiger charge is -2.19. The molecular formula is C22H24N2OS. The molecule has 0 saturated heterocycles. The number of hydrogen-bond acceptors (Lipinski definition) is 3. The molecule has 3 aromatic rings. The number of aryl methyl sites for hydroxylation is 1. The Labute approximate surface area is 159 Å². The van der Waals surface area contributed by atoms with Gasteiger partial charge in [-0.25, -0.2) is 4.98 Å². The summed E-state index contributed by atoms with van der Waals surface area (Å²) in [6.07, 6.45) is 0. The van der Waals surface area contributed by atoms with E-state index in [-0.39, 0.29) is 11.3 Å². The standard InChI is InChI=1S/C22H24N2OS/c1-15-19(26-21(24-15)17-8-6-5-7-9-17)14-23-20(25)16-10-12-18(13-11-16)22(2,3)4/h5-13H,14H2,1-4H3,(H,23,25). The van der Waals surface area contributed by atoms with Gasteiger partial charge in [0.15, 0.2) is 0 Å². The van der Waals surface area contributed by atoms with Gasteiger partial charge in [-0.2, -0.15) is 0 Å². The molecule has 134 valence electrons. The second-order valence-electron chi connectivity index (χ2n) is 7.40. The Morgan fingerprint density at radius 3 is 2.31 bits per heavy atom. The normalized spacial score (nSPS) is 11.4. The van der Waals surface area contributed by atoms with E-state index < -0.39 is 0 Å². The van der Waals surface area contributed by atoms with Crippen molar-refractivity contribution in [2.24, 2.45) is 0 Å². The van der Waals surface area contributed by atoms with Gasteiger partial charge in [-0.1, -0.05) is 63.2 Å². The van der Waals surface area contributed by atoms with Crippen LogP contribution in [0.25, 0.3) is 10.6 Å². The molecule has 0 aliphatic heterocycles. The minimum Gasteiger partial charge on any atom is -0.347 e. The van der Waals surface area contributed by atoms with E-state index >= 15 is 0 Å². The summed E-state index contributed by atoms with van der Waals surface area (Å²) in [5.74, 6) is -0.0560. The van der Waals surface area contributed by atoms with Crippen LogP contribution < -0.4 is 5.32 Å². The quantitative estimate of drug-likeness (QED) is 0.678. The van der Waals surface area contributed by atoms with Gasteiger partial charge in [0.25, 0.3) is 5.91 Å². The molecule has 0 atom stereocenters. The zero-order chi connectivity index (χ0) is 18.7. The van der Waals surface area contributed by atoms with Crippen LogP contribution in [0.4, 0.5) is 0 Å². The first-order valence-electron chi connectivity index (χ1n) is 8.75. The number of nitrogens with one attached hydrogen (secondary N) is 1. The fourth-order valence-electron chi connectivity index (χ4n) is 2.68. The lowest BCUT2D eigenvalue weighted by molar-refractivity contribution is 0.0951. The summed E-state index contributed by atoms with van der Waals surface area (Å²) in [5.41, 5.74) is 4.07.